The largest absolute Gasteiger partial charge is 0.477 e. The van der Waals surface area contributed by atoms with E-state index in [4.69, 9.17) is 4.74 Å². The fourth-order valence-corrected chi connectivity index (χ4v) is 3.20. The van der Waals surface area contributed by atoms with Gasteiger partial charge < -0.3 is 15.4 Å². The molecule has 0 aromatic carbocycles. The number of hydrogen-bond acceptors (Lipinski definition) is 4. The van der Waals surface area contributed by atoms with Gasteiger partial charge in [0.25, 0.3) is 0 Å². The molecule has 3 rings (SSSR count). The van der Waals surface area contributed by atoms with Crippen molar-refractivity contribution in [2.45, 2.75) is 32.2 Å². The van der Waals surface area contributed by atoms with Crippen molar-refractivity contribution in [1.82, 2.24) is 15.6 Å². The second kappa shape index (κ2) is 10.7. The highest BCUT2D eigenvalue weighted by molar-refractivity contribution is 14.0. The third-order valence-corrected chi connectivity index (χ3v) is 5.03. The molecule has 0 spiro atoms. The van der Waals surface area contributed by atoms with E-state index < -0.39 is 0 Å². The van der Waals surface area contributed by atoms with Crippen LogP contribution in [-0.2, 0) is 6.54 Å². The third-order valence-electron chi connectivity index (χ3n) is 4.33. The van der Waals surface area contributed by atoms with Crippen molar-refractivity contribution in [2.24, 2.45) is 10.9 Å². The Hall–Kier alpha value is -1.35. The highest BCUT2D eigenvalue weighted by Crippen LogP contribution is 2.29. The van der Waals surface area contributed by atoms with Crippen molar-refractivity contribution >= 4 is 41.3 Å². The van der Waals surface area contributed by atoms with Crippen LogP contribution in [0.3, 0.4) is 0 Å². The zero-order chi connectivity index (χ0) is 17.5. The summed E-state index contributed by atoms with van der Waals surface area (Å²) < 4.78 is 5.67. The average molecular weight is 486 g/mol. The number of aromatic nitrogens is 1. The lowest BCUT2D eigenvalue weighted by Crippen LogP contribution is -2.38. The van der Waals surface area contributed by atoms with E-state index >= 15 is 0 Å². The van der Waals surface area contributed by atoms with E-state index in [1.165, 1.54) is 18.4 Å². The molecule has 0 amide bonds. The first-order chi connectivity index (χ1) is 12.2. The number of guanidine groups is 1. The van der Waals surface area contributed by atoms with E-state index in [9.17, 15) is 0 Å². The molecule has 2 N–H and O–H groups in total. The van der Waals surface area contributed by atoms with Crippen LogP contribution >= 0.6 is 35.3 Å². The molecule has 2 aromatic heterocycles. The van der Waals surface area contributed by atoms with Gasteiger partial charge in [0, 0.05) is 32.4 Å². The summed E-state index contributed by atoms with van der Waals surface area (Å²) >= 11 is 1.73. The summed E-state index contributed by atoms with van der Waals surface area (Å²) in [5, 5.41) is 11.0. The molecule has 1 atom stereocenters. The Morgan fingerprint density at radius 2 is 2.19 bits per heavy atom. The number of nitrogens with zero attached hydrogens (tertiary/aromatic N) is 2. The van der Waals surface area contributed by atoms with Crippen LogP contribution in [0.2, 0.25) is 0 Å². The summed E-state index contributed by atoms with van der Waals surface area (Å²) in [5.74, 6) is 2.71. The van der Waals surface area contributed by atoms with E-state index in [-0.39, 0.29) is 24.0 Å². The molecule has 1 saturated carbocycles. The Morgan fingerprint density at radius 1 is 1.35 bits per heavy atom. The quantitative estimate of drug-likeness (QED) is 0.336. The molecule has 142 valence electrons. The standard InChI is InChI=1S/C19H26N4OS.HI/c1-14(17-7-8-25-13-17)9-22-19(20-2)23-11-16-5-6-18(21-10-16)24-12-15-3-4-15;/h5-8,10,13-15H,3-4,9,11-12H2,1-2H3,(H2,20,22,23);1H. The molecule has 0 radical (unpaired) electrons. The Morgan fingerprint density at radius 3 is 2.81 bits per heavy atom. The summed E-state index contributed by atoms with van der Waals surface area (Å²) in [6, 6.07) is 6.16. The zero-order valence-electron chi connectivity index (χ0n) is 15.3. The number of thiophene rings is 1. The van der Waals surface area contributed by atoms with Gasteiger partial charge in [0.05, 0.1) is 6.61 Å². The summed E-state index contributed by atoms with van der Waals surface area (Å²) in [6.07, 6.45) is 4.44. The van der Waals surface area contributed by atoms with Gasteiger partial charge in [0.2, 0.25) is 5.88 Å². The molecule has 7 heteroatoms. The molecule has 1 fully saturated rings. The molecular formula is C19H27IN4OS. The van der Waals surface area contributed by atoms with Crippen LogP contribution in [0, 0.1) is 5.92 Å². The second-order valence-electron chi connectivity index (χ2n) is 6.52. The maximum Gasteiger partial charge on any atom is 0.213 e. The first-order valence-electron chi connectivity index (χ1n) is 8.79. The number of rotatable bonds is 8. The summed E-state index contributed by atoms with van der Waals surface area (Å²) in [7, 11) is 1.79. The number of pyridine rings is 1. The Bertz CT molecular complexity index is 671. The van der Waals surface area contributed by atoms with Crippen LogP contribution in [0.5, 0.6) is 5.88 Å². The molecule has 0 aliphatic heterocycles. The molecule has 2 heterocycles. The lowest BCUT2D eigenvalue weighted by molar-refractivity contribution is 0.288. The zero-order valence-corrected chi connectivity index (χ0v) is 18.4. The van der Waals surface area contributed by atoms with Crippen molar-refractivity contribution in [2.75, 3.05) is 20.2 Å². The van der Waals surface area contributed by atoms with Crippen molar-refractivity contribution in [3.63, 3.8) is 0 Å². The predicted octanol–water partition coefficient (Wildman–Crippen LogP) is 4.02. The minimum Gasteiger partial charge on any atom is -0.477 e. The van der Waals surface area contributed by atoms with Gasteiger partial charge >= 0.3 is 0 Å². The van der Waals surface area contributed by atoms with Crippen LogP contribution in [0.1, 0.15) is 36.8 Å². The van der Waals surface area contributed by atoms with Crippen molar-refractivity contribution < 1.29 is 4.74 Å². The van der Waals surface area contributed by atoms with Crippen molar-refractivity contribution in [1.29, 1.82) is 0 Å². The molecule has 2 aromatic rings. The highest BCUT2D eigenvalue weighted by atomic mass is 127. The smallest absolute Gasteiger partial charge is 0.213 e. The van der Waals surface area contributed by atoms with Crippen LogP contribution in [-0.4, -0.2) is 31.1 Å². The molecule has 26 heavy (non-hydrogen) atoms. The first kappa shape index (κ1) is 21.0. The summed E-state index contributed by atoms with van der Waals surface area (Å²) in [5.41, 5.74) is 2.46. The first-order valence-corrected chi connectivity index (χ1v) is 9.73. The van der Waals surface area contributed by atoms with Gasteiger partial charge in [-0.2, -0.15) is 11.3 Å². The lowest BCUT2D eigenvalue weighted by Gasteiger charge is -2.15. The molecule has 5 nitrogen and oxygen atoms in total. The van der Waals surface area contributed by atoms with Crippen LogP contribution in [0.4, 0.5) is 0 Å². The fourth-order valence-electron chi connectivity index (χ4n) is 2.42. The molecule has 0 bridgehead atoms. The maximum absolute atomic E-state index is 5.67. The highest BCUT2D eigenvalue weighted by Gasteiger charge is 2.22. The van der Waals surface area contributed by atoms with Crippen molar-refractivity contribution in [3.8, 4) is 5.88 Å². The van der Waals surface area contributed by atoms with E-state index in [1.54, 1.807) is 18.4 Å². The predicted molar refractivity (Wildman–Crippen MR) is 119 cm³/mol. The van der Waals surface area contributed by atoms with Gasteiger partial charge in [-0.05, 0) is 52.6 Å². The van der Waals surface area contributed by atoms with E-state index in [2.05, 4.69) is 44.4 Å². The van der Waals surface area contributed by atoms with Gasteiger partial charge in [-0.1, -0.05) is 13.0 Å². The van der Waals surface area contributed by atoms with Gasteiger partial charge in [-0.25, -0.2) is 4.98 Å². The molecule has 1 unspecified atom stereocenters. The van der Waals surface area contributed by atoms with E-state index in [1.807, 2.05) is 18.3 Å². The van der Waals surface area contributed by atoms with Crippen molar-refractivity contribution in [3.05, 3.63) is 46.3 Å². The SMILES string of the molecule is CN=C(NCc1ccc(OCC2CC2)nc1)NCC(C)c1ccsc1.I. The fraction of sp³-hybridized carbons (Fsp3) is 0.474. The van der Waals surface area contributed by atoms with E-state index in [0.29, 0.717) is 18.3 Å². The normalized spacial score (nSPS) is 15.1. The monoisotopic (exact) mass is 486 g/mol. The molecule has 0 saturated heterocycles. The lowest BCUT2D eigenvalue weighted by atomic mass is 10.1. The van der Waals surface area contributed by atoms with Crippen LogP contribution < -0.4 is 15.4 Å². The number of hydrogen-bond donors (Lipinski definition) is 2. The topological polar surface area (TPSA) is 58.5 Å². The van der Waals surface area contributed by atoms with Gasteiger partial charge in [0.15, 0.2) is 5.96 Å². The Labute approximate surface area is 176 Å². The third kappa shape index (κ3) is 6.75. The summed E-state index contributed by atoms with van der Waals surface area (Å²) in [6.45, 7) is 4.54. The number of nitrogens with one attached hydrogen (secondary N) is 2. The summed E-state index contributed by atoms with van der Waals surface area (Å²) in [4.78, 5) is 8.65. The van der Waals surface area contributed by atoms with Gasteiger partial charge in [-0.15, -0.1) is 24.0 Å². The second-order valence-corrected chi connectivity index (χ2v) is 7.30. The van der Waals surface area contributed by atoms with Crippen LogP contribution in [0.25, 0.3) is 0 Å². The maximum atomic E-state index is 5.67. The Kier molecular flexibility index (Phi) is 8.64. The molecular weight excluding hydrogens is 459 g/mol. The number of ether oxygens (including phenoxy) is 1. The minimum atomic E-state index is 0. The van der Waals surface area contributed by atoms with Crippen LogP contribution in [0.15, 0.2) is 40.1 Å². The average Bonchev–Trinajstić information content (AvgIpc) is 3.31. The van der Waals surface area contributed by atoms with Gasteiger partial charge in [-0.3, -0.25) is 4.99 Å². The number of aliphatic imine (C=N–C) groups is 1. The van der Waals surface area contributed by atoms with Gasteiger partial charge in [0.1, 0.15) is 0 Å². The van der Waals surface area contributed by atoms with E-state index in [0.717, 1.165) is 30.6 Å². The molecule has 1 aliphatic rings. The minimum absolute atomic E-state index is 0. The Balaban J connectivity index is 0.00000243. The molecule has 1 aliphatic carbocycles. The number of halogens is 1.